The summed E-state index contributed by atoms with van der Waals surface area (Å²) >= 11 is 0. The van der Waals surface area contributed by atoms with Crippen LogP contribution in [-0.2, 0) is 0 Å². The van der Waals surface area contributed by atoms with E-state index in [0.717, 1.165) is 0 Å². The summed E-state index contributed by atoms with van der Waals surface area (Å²) in [4.78, 5) is 23.9. The average molecular weight is 428 g/mol. The van der Waals surface area contributed by atoms with Crippen LogP contribution in [0.15, 0.2) is 43.0 Å². The number of carbonyl (C=O) groups is 2. The van der Waals surface area contributed by atoms with E-state index in [9.17, 15) is 24.9 Å². The van der Waals surface area contributed by atoms with E-state index in [1.165, 1.54) is 18.2 Å². The lowest BCUT2D eigenvalue weighted by Crippen LogP contribution is -2.20. The summed E-state index contributed by atoms with van der Waals surface area (Å²) in [6, 6.07) is 9.49. The molecule has 2 aromatic carbocycles. The van der Waals surface area contributed by atoms with Crippen molar-refractivity contribution in [2.45, 2.75) is 41.5 Å². The zero-order valence-electron chi connectivity index (χ0n) is 19.3. The molecule has 2 rings (SSSR count). The second-order valence-electron chi connectivity index (χ2n) is 9.26. The molecule has 0 bridgehead atoms. The summed E-state index contributed by atoms with van der Waals surface area (Å²) in [6.07, 6.45) is 0. The molecule has 0 saturated carbocycles. The maximum absolute atomic E-state index is 12.1. The van der Waals surface area contributed by atoms with Gasteiger partial charge in [0.15, 0.2) is 23.1 Å². The molecule has 0 aliphatic heterocycles. The van der Waals surface area contributed by atoms with Crippen LogP contribution in [0.4, 0.5) is 0 Å². The van der Waals surface area contributed by atoms with Crippen molar-refractivity contribution in [3.05, 3.63) is 59.7 Å². The normalized spacial score (nSPS) is 11.2. The Morgan fingerprint density at radius 1 is 0.742 bits per heavy atom. The number of hydrogen-bond donors (Lipinski definition) is 4. The van der Waals surface area contributed by atoms with Crippen molar-refractivity contribution in [3.63, 3.8) is 0 Å². The summed E-state index contributed by atoms with van der Waals surface area (Å²) in [6.45, 7) is 14.6. The van der Waals surface area contributed by atoms with Gasteiger partial charge in [0.25, 0.3) is 0 Å². The molecule has 2 aromatic rings. The van der Waals surface area contributed by atoms with Gasteiger partial charge in [-0.25, -0.2) is 0 Å². The van der Waals surface area contributed by atoms with Crippen molar-refractivity contribution in [1.82, 2.24) is 5.32 Å². The first-order valence-corrected chi connectivity index (χ1v) is 9.92. The summed E-state index contributed by atoms with van der Waals surface area (Å²) in [5, 5.41) is 31.6. The molecule has 0 aromatic heterocycles. The Hall–Kier alpha value is -3.28. The Labute approximate surface area is 184 Å². The third-order valence-corrected chi connectivity index (χ3v) is 4.53. The van der Waals surface area contributed by atoms with Crippen LogP contribution in [0.25, 0.3) is 5.70 Å². The molecular weight excluding hydrogens is 394 g/mol. The van der Waals surface area contributed by atoms with Gasteiger partial charge < -0.3 is 20.6 Å². The van der Waals surface area contributed by atoms with Crippen LogP contribution in [0.5, 0.6) is 17.2 Å². The number of Topliss-reactive ketones (excluding diaryl/α,β-unsaturated/α-hetero) is 2. The largest absolute Gasteiger partial charge is 0.506 e. The van der Waals surface area contributed by atoms with Crippen LogP contribution in [-0.4, -0.2) is 33.9 Å². The number of ketones is 2. The van der Waals surface area contributed by atoms with Gasteiger partial charge in [0.2, 0.25) is 0 Å². The molecule has 0 radical (unpaired) electrons. The summed E-state index contributed by atoms with van der Waals surface area (Å²) in [5.74, 6) is -0.883. The van der Waals surface area contributed by atoms with Crippen molar-refractivity contribution in [1.29, 1.82) is 0 Å². The third-order valence-electron chi connectivity index (χ3n) is 4.53. The maximum atomic E-state index is 12.1. The predicted octanol–water partition coefficient (Wildman–Crippen LogP) is 5.14. The van der Waals surface area contributed by atoms with Crippen molar-refractivity contribution in [2.24, 2.45) is 10.8 Å². The first kappa shape index (κ1) is 25.8. The average Bonchev–Trinajstić information content (AvgIpc) is 2.67. The highest BCUT2D eigenvalue weighted by atomic mass is 16.3. The van der Waals surface area contributed by atoms with Gasteiger partial charge in [0, 0.05) is 29.1 Å². The Kier molecular flexibility index (Phi) is 8.05. The fourth-order valence-corrected chi connectivity index (χ4v) is 2.63. The molecule has 0 atom stereocenters. The Morgan fingerprint density at radius 3 is 1.55 bits per heavy atom. The maximum Gasteiger partial charge on any atom is 0.172 e. The summed E-state index contributed by atoms with van der Waals surface area (Å²) < 4.78 is 0. The van der Waals surface area contributed by atoms with Crippen LogP contribution in [0.2, 0.25) is 0 Å². The lowest BCUT2D eigenvalue weighted by molar-refractivity contribution is 0.0849. The molecule has 168 valence electrons. The van der Waals surface area contributed by atoms with E-state index in [-0.39, 0.29) is 34.4 Å². The molecule has 4 N–H and O–H groups in total. The molecule has 6 heteroatoms. The van der Waals surface area contributed by atoms with E-state index in [1.807, 2.05) is 20.8 Å². The molecule has 0 unspecified atom stereocenters. The van der Waals surface area contributed by atoms with Crippen LogP contribution in [0.3, 0.4) is 0 Å². The Bertz CT molecular complexity index is 978. The highest BCUT2D eigenvalue weighted by Crippen LogP contribution is 2.33. The fraction of sp³-hybridized carbons (Fsp3) is 0.360. The smallest absolute Gasteiger partial charge is 0.172 e. The summed E-state index contributed by atoms with van der Waals surface area (Å²) in [5.41, 5.74) is 0.570. The molecule has 0 saturated heterocycles. The molecule has 0 aliphatic rings. The zero-order chi connectivity index (χ0) is 24.1. The minimum Gasteiger partial charge on any atom is -0.506 e. The number of carbonyl (C=O) groups excluding carboxylic acids is 2. The third kappa shape index (κ3) is 6.35. The van der Waals surface area contributed by atoms with Gasteiger partial charge in [-0.05, 0) is 24.3 Å². The minimum atomic E-state index is -0.564. The van der Waals surface area contributed by atoms with E-state index in [1.54, 1.807) is 46.0 Å². The van der Waals surface area contributed by atoms with Gasteiger partial charge in [-0.2, -0.15) is 0 Å². The fourth-order valence-electron chi connectivity index (χ4n) is 2.63. The van der Waals surface area contributed by atoms with E-state index in [4.69, 9.17) is 0 Å². The van der Waals surface area contributed by atoms with Crippen LogP contribution in [0.1, 0.15) is 67.8 Å². The molecule has 0 fully saturated rings. The van der Waals surface area contributed by atoms with Crippen molar-refractivity contribution < 1.29 is 24.9 Å². The van der Waals surface area contributed by atoms with Gasteiger partial charge in [-0.1, -0.05) is 60.3 Å². The lowest BCUT2D eigenvalue weighted by Gasteiger charge is -2.18. The predicted molar refractivity (Wildman–Crippen MR) is 124 cm³/mol. The molecule has 0 amide bonds. The molecule has 6 nitrogen and oxygen atoms in total. The number of phenols is 3. The van der Waals surface area contributed by atoms with Gasteiger partial charge in [0.1, 0.15) is 5.75 Å². The molecule has 0 heterocycles. The first-order valence-electron chi connectivity index (χ1n) is 9.92. The number of rotatable bonds is 4. The zero-order valence-corrected chi connectivity index (χ0v) is 19.3. The Morgan fingerprint density at radius 2 is 1.13 bits per heavy atom. The van der Waals surface area contributed by atoms with Gasteiger partial charge in [-0.15, -0.1) is 0 Å². The van der Waals surface area contributed by atoms with E-state index in [2.05, 4.69) is 11.9 Å². The monoisotopic (exact) mass is 427 g/mol. The molecule has 31 heavy (non-hydrogen) atoms. The SMILES string of the molecule is C=C(NC)c1cccc(C(=O)C(C)(C)C)c1O.CC(C)(C)C(=O)c1cccc(O)c1O. The quantitative estimate of drug-likeness (QED) is 0.398. The van der Waals surface area contributed by atoms with Gasteiger partial charge >= 0.3 is 0 Å². The molecule has 0 aliphatic carbocycles. The Balaban J connectivity index is 0.000000316. The van der Waals surface area contributed by atoms with Gasteiger partial charge in [-0.3, -0.25) is 9.59 Å². The van der Waals surface area contributed by atoms with Crippen molar-refractivity contribution in [2.75, 3.05) is 7.05 Å². The van der Waals surface area contributed by atoms with Crippen LogP contribution in [0, 0.1) is 10.8 Å². The number of hydrogen-bond acceptors (Lipinski definition) is 6. The molecule has 0 spiro atoms. The van der Waals surface area contributed by atoms with Crippen LogP contribution < -0.4 is 5.32 Å². The highest BCUT2D eigenvalue weighted by molar-refractivity contribution is 6.03. The number of para-hydroxylation sites is 2. The second kappa shape index (κ2) is 9.69. The molecular formula is C25H33NO5. The van der Waals surface area contributed by atoms with Crippen molar-refractivity contribution in [3.8, 4) is 17.2 Å². The number of phenolic OH excluding ortho intramolecular Hbond substituents is 3. The number of nitrogens with one attached hydrogen (secondary N) is 1. The first-order chi connectivity index (χ1) is 14.1. The summed E-state index contributed by atoms with van der Waals surface area (Å²) in [7, 11) is 1.72. The van der Waals surface area contributed by atoms with Crippen LogP contribution >= 0.6 is 0 Å². The minimum absolute atomic E-state index is 0.00762. The lowest BCUT2D eigenvalue weighted by atomic mass is 9.85. The second-order valence-corrected chi connectivity index (χ2v) is 9.26. The van der Waals surface area contributed by atoms with E-state index in [0.29, 0.717) is 16.8 Å². The number of aromatic hydroxyl groups is 3. The van der Waals surface area contributed by atoms with E-state index >= 15 is 0 Å². The van der Waals surface area contributed by atoms with Gasteiger partial charge in [0.05, 0.1) is 11.1 Å². The van der Waals surface area contributed by atoms with E-state index < -0.39 is 10.8 Å². The number of benzene rings is 2. The highest BCUT2D eigenvalue weighted by Gasteiger charge is 2.27. The van der Waals surface area contributed by atoms with Crippen molar-refractivity contribution >= 4 is 17.3 Å². The topological polar surface area (TPSA) is 107 Å². The standard InChI is InChI=1S/C14H19NO2.C11H14O3/c1-9(15-5)10-7-6-8-11(12(10)16)13(17)14(2,3)4;1-11(2,3)10(14)7-5-4-6-8(12)9(7)13/h6-8,15-16H,1H2,2-5H3;4-6,12-13H,1-3H3.